The fourth-order valence-electron chi connectivity index (χ4n) is 3.98. The number of hydrogen-bond acceptors (Lipinski definition) is 5. The average Bonchev–Trinajstić information content (AvgIpc) is 2.76. The molecule has 0 saturated carbocycles. The molecule has 2 aromatic carbocycles. The van der Waals surface area contributed by atoms with Crippen LogP contribution in [0, 0.1) is 5.92 Å². The minimum absolute atomic E-state index is 0.00741. The number of hydrogen-bond donors (Lipinski definition) is 0. The number of fused-ring (bicyclic) bond motifs is 1. The zero-order valence-corrected chi connectivity index (χ0v) is 16.5. The molecule has 150 valence electrons. The van der Waals surface area contributed by atoms with E-state index in [0.29, 0.717) is 36.6 Å². The fraction of sp³-hybridized carbons (Fsp3) is 0.333. The molecule has 29 heavy (non-hydrogen) atoms. The van der Waals surface area contributed by atoms with Crippen LogP contribution in [0.15, 0.2) is 60.9 Å². The molecule has 2 heterocycles. The number of benzene rings is 2. The van der Waals surface area contributed by atoms with E-state index in [1.165, 1.54) is 0 Å². The van der Waals surface area contributed by atoms with Crippen LogP contribution in [-0.2, 0) is 16.0 Å². The van der Waals surface area contributed by atoms with E-state index >= 15 is 0 Å². The summed E-state index contributed by atoms with van der Waals surface area (Å²) in [5.41, 5.74) is 2.50. The summed E-state index contributed by atoms with van der Waals surface area (Å²) < 4.78 is 11.3. The van der Waals surface area contributed by atoms with Gasteiger partial charge in [0.15, 0.2) is 0 Å². The molecule has 2 unspecified atom stereocenters. The standard InChI is InChI=1S/C24H25NO4/c1-17-15-25(13-12-22(17)26)21(18-7-3-2-4-8-18)16-29-24(27)20-11-5-9-19-10-6-14-28-23(19)20/h2-9,11,14,17,21H,10,12-13,15-16H2,1H3. The summed E-state index contributed by atoms with van der Waals surface area (Å²) in [5.74, 6) is 0.478. The Bertz CT molecular complexity index is 922. The highest BCUT2D eigenvalue weighted by molar-refractivity contribution is 5.93. The lowest BCUT2D eigenvalue weighted by atomic mass is 9.95. The van der Waals surface area contributed by atoms with Crippen molar-refractivity contribution in [2.24, 2.45) is 5.92 Å². The summed E-state index contributed by atoms with van der Waals surface area (Å²) in [6.07, 6.45) is 4.80. The fourth-order valence-corrected chi connectivity index (χ4v) is 3.98. The second kappa shape index (κ2) is 8.62. The Morgan fingerprint density at radius 2 is 2.03 bits per heavy atom. The number of likely N-dealkylation sites (tertiary alicyclic amines) is 1. The molecular formula is C24H25NO4. The molecule has 0 aromatic heterocycles. The van der Waals surface area contributed by atoms with E-state index in [4.69, 9.17) is 9.47 Å². The molecule has 2 aromatic rings. The molecule has 0 radical (unpaired) electrons. The summed E-state index contributed by atoms with van der Waals surface area (Å²) in [6.45, 7) is 3.53. The summed E-state index contributed by atoms with van der Waals surface area (Å²) in [7, 11) is 0. The first kappa shape index (κ1) is 19.4. The maximum atomic E-state index is 12.9. The van der Waals surface area contributed by atoms with Gasteiger partial charge in [0.1, 0.15) is 23.7 Å². The van der Waals surface area contributed by atoms with Gasteiger partial charge in [-0.1, -0.05) is 49.4 Å². The Labute approximate surface area is 170 Å². The molecule has 0 N–H and O–H groups in total. The van der Waals surface area contributed by atoms with E-state index in [1.807, 2.05) is 55.5 Å². The molecule has 4 rings (SSSR count). The van der Waals surface area contributed by atoms with Gasteiger partial charge in [-0.15, -0.1) is 0 Å². The van der Waals surface area contributed by atoms with Crippen LogP contribution in [0.5, 0.6) is 5.75 Å². The third kappa shape index (κ3) is 4.25. The van der Waals surface area contributed by atoms with Crippen LogP contribution in [0.25, 0.3) is 0 Å². The van der Waals surface area contributed by atoms with Crippen LogP contribution in [0.2, 0.25) is 0 Å². The Kier molecular flexibility index (Phi) is 5.76. The zero-order chi connectivity index (χ0) is 20.2. The molecule has 0 amide bonds. The number of piperidine rings is 1. The zero-order valence-electron chi connectivity index (χ0n) is 16.5. The quantitative estimate of drug-likeness (QED) is 0.723. The van der Waals surface area contributed by atoms with E-state index in [2.05, 4.69) is 4.90 Å². The normalized spacial score (nSPS) is 19.9. The lowest BCUT2D eigenvalue weighted by Crippen LogP contribution is -2.43. The molecule has 2 aliphatic heterocycles. The predicted octanol–water partition coefficient (Wildman–Crippen LogP) is 3.94. The maximum Gasteiger partial charge on any atom is 0.342 e. The van der Waals surface area contributed by atoms with Gasteiger partial charge in [0, 0.05) is 25.4 Å². The second-order valence-corrected chi connectivity index (χ2v) is 7.62. The van der Waals surface area contributed by atoms with Gasteiger partial charge in [-0.2, -0.15) is 0 Å². The lowest BCUT2D eigenvalue weighted by Gasteiger charge is -2.36. The number of nitrogens with zero attached hydrogens (tertiary/aromatic N) is 1. The summed E-state index contributed by atoms with van der Waals surface area (Å²) >= 11 is 0. The number of ether oxygens (including phenoxy) is 2. The molecule has 1 fully saturated rings. The van der Waals surface area contributed by atoms with Crippen molar-refractivity contribution in [2.75, 3.05) is 19.7 Å². The van der Waals surface area contributed by atoms with E-state index in [1.54, 1.807) is 12.3 Å². The minimum atomic E-state index is -0.390. The lowest BCUT2D eigenvalue weighted by molar-refractivity contribution is -0.126. The molecule has 5 nitrogen and oxygen atoms in total. The van der Waals surface area contributed by atoms with Crippen LogP contribution >= 0.6 is 0 Å². The van der Waals surface area contributed by atoms with Crippen molar-refractivity contribution in [2.45, 2.75) is 25.8 Å². The smallest absolute Gasteiger partial charge is 0.342 e. The molecule has 0 spiro atoms. The number of carbonyl (C=O) groups is 2. The van der Waals surface area contributed by atoms with Crippen molar-refractivity contribution in [3.05, 3.63) is 77.6 Å². The van der Waals surface area contributed by atoms with Gasteiger partial charge in [0.05, 0.1) is 12.3 Å². The third-order valence-electron chi connectivity index (χ3n) is 5.64. The second-order valence-electron chi connectivity index (χ2n) is 7.62. The number of esters is 1. The van der Waals surface area contributed by atoms with Crippen molar-refractivity contribution < 1.29 is 19.1 Å². The molecule has 5 heteroatoms. The van der Waals surface area contributed by atoms with Crippen LogP contribution in [-0.4, -0.2) is 36.3 Å². The van der Waals surface area contributed by atoms with Gasteiger partial charge in [-0.25, -0.2) is 4.79 Å². The first-order valence-electron chi connectivity index (χ1n) is 10.1. The van der Waals surface area contributed by atoms with Gasteiger partial charge in [-0.3, -0.25) is 9.69 Å². The minimum Gasteiger partial charge on any atom is -0.464 e. The third-order valence-corrected chi connectivity index (χ3v) is 5.64. The summed E-state index contributed by atoms with van der Waals surface area (Å²) in [4.78, 5) is 27.1. The Morgan fingerprint density at radius 3 is 2.83 bits per heavy atom. The number of allylic oxidation sites excluding steroid dienone is 1. The van der Waals surface area contributed by atoms with Gasteiger partial charge >= 0.3 is 5.97 Å². The van der Waals surface area contributed by atoms with Crippen LogP contribution in [0.1, 0.15) is 40.9 Å². The van der Waals surface area contributed by atoms with Crippen molar-refractivity contribution in [1.82, 2.24) is 4.90 Å². The van der Waals surface area contributed by atoms with Crippen molar-refractivity contribution in [1.29, 1.82) is 0 Å². The SMILES string of the molecule is CC1CN(C(COC(=O)c2cccc3c2OC=CC3)c2ccccc2)CCC1=O. The number of rotatable bonds is 5. The Balaban J connectivity index is 1.52. The molecule has 0 aliphatic carbocycles. The number of ketones is 1. The van der Waals surface area contributed by atoms with Crippen molar-refractivity contribution in [3.63, 3.8) is 0 Å². The highest BCUT2D eigenvalue weighted by atomic mass is 16.5. The topological polar surface area (TPSA) is 55.8 Å². The Morgan fingerprint density at radius 1 is 1.21 bits per heavy atom. The van der Waals surface area contributed by atoms with E-state index in [0.717, 1.165) is 17.5 Å². The van der Waals surface area contributed by atoms with E-state index < -0.39 is 0 Å². The highest BCUT2D eigenvalue weighted by Gasteiger charge is 2.30. The number of Topliss-reactive ketones (excluding diaryl/α,β-unsaturated/α-hetero) is 1. The molecule has 2 aliphatic rings. The highest BCUT2D eigenvalue weighted by Crippen LogP contribution is 2.30. The van der Waals surface area contributed by atoms with Gasteiger partial charge in [0.25, 0.3) is 0 Å². The molecule has 2 atom stereocenters. The van der Waals surface area contributed by atoms with Crippen LogP contribution < -0.4 is 4.74 Å². The number of carbonyl (C=O) groups excluding carboxylic acids is 2. The number of para-hydroxylation sites is 1. The molecule has 0 bridgehead atoms. The molecular weight excluding hydrogens is 366 g/mol. The summed E-state index contributed by atoms with van der Waals surface area (Å²) in [6, 6.07) is 15.5. The van der Waals surface area contributed by atoms with Gasteiger partial charge < -0.3 is 9.47 Å². The van der Waals surface area contributed by atoms with Gasteiger partial charge in [-0.05, 0) is 29.7 Å². The van der Waals surface area contributed by atoms with Crippen LogP contribution in [0.3, 0.4) is 0 Å². The predicted molar refractivity (Wildman–Crippen MR) is 110 cm³/mol. The Hall–Kier alpha value is -2.92. The van der Waals surface area contributed by atoms with Gasteiger partial charge in [0.2, 0.25) is 0 Å². The van der Waals surface area contributed by atoms with Crippen molar-refractivity contribution in [3.8, 4) is 5.75 Å². The largest absolute Gasteiger partial charge is 0.464 e. The van der Waals surface area contributed by atoms with Crippen molar-refractivity contribution >= 4 is 11.8 Å². The first-order valence-corrected chi connectivity index (χ1v) is 10.1. The monoisotopic (exact) mass is 391 g/mol. The van der Waals surface area contributed by atoms with Crippen LogP contribution in [0.4, 0.5) is 0 Å². The average molecular weight is 391 g/mol. The van der Waals surface area contributed by atoms with E-state index in [-0.39, 0.29) is 24.5 Å². The maximum absolute atomic E-state index is 12.9. The first-order chi connectivity index (χ1) is 14.1. The van der Waals surface area contributed by atoms with E-state index in [9.17, 15) is 9.59 Å². The molecule has 1 saturated heterocycles. The summed E-state index contributed by atoms with van der Waals surface area (Å²) in [5, 5.41) is 0.